The van der Waals surface area contributed by atoms with Gasteiger partial charge in [0.05, 0.1) is 5.69 Å². The summed E-state index contributed by atoms with van der Waals surface area (Å²) in [6.45, 7) is 1.43. The Bertz CT molecular complexity index is 487. The highest BCUT2D eigenvalue weighted by atomic mass is 32.2. The van der Waals surface area contributed by atoms with Crippen molar-refractivity contribution in [2.75, 3.05) is 5.73 Å². The third kappa shape index (κ3) is 2.39. The first-order chi connectivity index (χ1) is 6.73. The maximum absolute atomic E-state index is 12.5. The minimum atomic E-state index is -4.29. The summed E-state index contributed by atoms with van der Waals surface area (Å²) in [5.74, 6) is 0. The number of aromatic nitrogens is 1. The first kappa shape index (κ1) is 11.8. The van der Waals surface area contributed by atoms with Crippen molar-refractivity contribution >= 4 is 15.7 Å². The highest BCUT2D eigenvalue weighted by Crippen LogP contribution is 2.28. The molecule has 1 aromatic heterocycles. The van der Waals surface area contributed by atoms with Gasteiger partial charge in [0.2, 0.25) is 10.0 Å². The Balaban J connectivity index is 3.62. The number of aryl methyl sites for hydroxylation is 1. The number of pyridine rings is 1. The number of rotatable bonds is 2. The molecule has 0 radical (unpaired) electrons. The molecule has 0 aliphatic rings. The standard InChI is InChI=1S/C7H9F2N3O2S/c1-3-2-4(10)6(15(11,13)14)5(12-3)7(8)9/h2,7H,1H3,(H2,10,12)(H2,11,13,14). The number of anilines is 1. The van der Waals surface area contributed by atoms with Crippen LogP contribution >= 0.6 is 0 Å². The van der Waals surface area contributed by atoms with Gasteiger partial charge in [-0.15, -0.1) is 0 Å². The molecule has 0 spiro atoms. The van der Waals surface area contributed by atoms with Crippen LogP contribution in [0.4, 0.5) is 14.5 Å². The lowest BCUT2D eigenvalue weighted by Crippen LogP contribution is -2.18. The van der Waals surface area contributed by atoms with Gasteiger partial charge in [0.1, 0.15) is 10.6 Å². The zero-order chi connectivity index (χ0) is 11.8. The van der Waals surface area contributed by atoms with Gasteiger partial charge in [-0.1, -0.05) is 0 Å². The van der Waals surface area contributed by atoms with Crippen molar-refractivity contribution in [1.29, 1.82) is 0 Å². The molecule has 0 fully saturated rings. The highest BCUT2D eigenvalue weighted by molar-refractivity contribution is 7.89. The summed E-state index contributed by atoms with van der Waals surface area (Å²) in [4.78, 5) is 2.61. The Morgan fingerprint density at radius 1 is 1.47 bits per heavy atom. The van der Waals surface area contributed by atoms with Crippen molar-refractivity contribution in [2.45, 2.75) is 18.2 Å². The average Bonchev–Trinajstić information content (AvgIpc) is 1.99. The number of sulfonamides is 1. The third-order valence-electron chi connectivity index (χ3n) is 1.65. The second-order valence-corrected chi connectivity index (χ2v) is 4.41. The van der Waals surface area contributed by atoms with Gasteiger partial charge >= 0.3 is 0 Å². The molecule has 1 rings (SSSR count). The van der Waals surface area contributed by atoms with Crippen molar-refractivity contribution in [2.24, 2.45) is 5.14 Å². The number of primary sulfonamides is 1. The van der Waals surface area contributed by atoms with Crippen molar-refractivity contribution < 1.29 is 17.2 Å². The second kappa shape index (κ2) is 3.70. The van der Waals surface area contributed by atoms with Crippen LogP contribution in [0.25, 0.3) is 0 Å². The van der Waals surface area contributed by atoms with Crippen LogP contribution in [0.15, 0.2) is 11.0 Å². The number of nitrogens with zero attached hydrogens (tertiary/aromatic N) is 1. The maximum atomic E-state index is 12.5. The Labute approximate surface area is 85.2 Å². The molecule has 0 unspecified atom stereocenters. The van der Waals surface area contributed by atoms with Crippen LogP contribution in [0.3, 0.4) is 0 Å². The molecule has 8 heteroatoms. The number of hydrogen-bond acceptors (Lipinski definition) is 4. The average molecular weight is 237 g/mol. The number of nitrogen functional groups attached to an aromatic ring is 1. The third-order valence-corrected chi connectivity index (χ3v) is 2.66. The van der Waals surface area contributed by atoms with Gasteiger partial charge in [-0.05, 0) is 13.0 Å². The van der Waals surface area contributed by atoms with Crippen LogP contribution in [0, 0.1) is 6.92 Å². The van der Waals surface area contributed by atoms with Crippen molar-refractivity contribution in [3.63, 3.8) is 0 Å². The van der Waals surface area contributed by atoms with E-state index in [1.807, 2.05) is 0 Å². The van der Waals surface area contributed by atoms with Crippen molar-refractivity contribution in [1.82, 2.24) is 4.98 Å². The fourth-order valence-corrected chi connectivity index (χ4v) is 1.98. The molecule has 1 aromatic rings. The van der Waals surface area contributed by atoms with Gasteiger partial charge in [0, 0.05) is 5.69 Å². The molecule has 1 heterocycles. The van der Waals surface area contributed by atoms with Crippen molar-refractivity contribution in [3.8, 4) is 0 Å². The molecule has 0 atom stereocenters. The lowest BCUT2D eigenvalue weighted by Gasteiger charge is -2.09. The van der Waals surface area contributed by atoms with Gasteiger partial charge in [0.25, 0.3) is 6.43 Å². The van der Waals surface area contributed by atoms with E-state index in [9.17, 15) is 17.2 Å². The molecular formula is C7H9F2N3O2S. The highest BCUT2D eigenvalue weighted by Gasteiger charge is 2.25. The summed E-state index contributed by atoms with van der Waals surface area (Å²) in [5.41, 5.74) is 4.29. The molecule has 0 aromatic carbocycles. The monoisotopic (exact) mass is 237 g/mol. The number of hydrogen-bond donors (Lipinski definition) is 2. The molecule has 0 saturated heterocycles. The summed E-state index contributed by atoms with van der Waals surface area (Å²) in [6, 6.07) is 1.17. The number of halogens is 2. The van der Waals surface area contributed by atoms with E-state index in [0.717, 1.165) is 0 Å². The topological polar surface area (TPSA) is 99.1 Å². The fraction of sp³-hybridized carbons (Fsp3) is 0.286. The maximum Gasteiger partial charge on any atom is 0.281 e. The van der Waals surface area contributed by atoms with Crippen LogP contribution < -0.4 is 10.9 Å². The molecule has 84 valence electrons. The molecule has 0 aliphatic carbocycles. The largest absolute Gasteiger partial charge is 0.398 e. The minimum absolute atomic E-state index is 0.204. The number of alkyl halides is 2. The lowest BCUT2D eigenvalue weighted by atomic mass is 10.3. The molecule has 0 saturated carbocycles. The first-order valence-electron chi connectivity index (χ1n) is 3.81. The smallest absolute Gasteiger partial charge is 0.281 e. The minimum Gasteiger partial charge on any atom is -0.398 e. The van der Waals surface area contributed by atoms with E-state index in [-0.39, 0.29) is 11.4 Å². The Kier molecular flexibility index (Phi) is 2.91. The van der Waals surface area contributed by atoms with Gasteiger partial charge < -0.3 is 5.73 Å². The summed E-state index contributed by atoms with van der Waals surface area (Å²) in [6.07, 6.45) is -3.04. The van der Waals surface area contributed by atoms with Crippen LogP contribution in [-0.2, 0) is 10.0 Å². The Hall–Kier alpha value is -1.28. The first-order valence-corrected chi connectivity index (χ1v) is 5.36. The SMILES string of the molecule is Cc1cc(N)c(S(N)(=O)=O)c(C(F)F)n1. The van der Waals surface area contributed by atoms with Crippen molar-refractivity contribution in [3.05, 3.63) is 17.5 Å². The lowest BCUT2D eigenvalue weighted by molar-refractivity contribution is 0.142. The van der Waals surface area contributed by atoms with Crippen LogP contribution in [0.1, 0.15) is 17.8 Å². The van der Waals surface area contributed by atoms with E-state index in [4.69, 9.17) is 10.9 Å². The molecule has 0 bridgehead atoms. The van der Waals surface area contributed by atoms with Gasteiger partial charge in [0.15, 0.2) is 0 Å². The van der Waals surface area contributed by atoms with E-state index in [1.54, 1.807) is 0 Å². The van der Waals surface area contributed by atoms with E-state index >= 15 is 0 Å². The number of nitrogens with two attached hydrogens (primary N) is 2. The Morgan fingerprint density at radius 3 is 2.40 bits per heavy atom. The second-order valence-electron chi connectivity index (χ2n) is 2.91. The van der Waals surface area contributed by atoms with E-state index in [0.29, 0.717) is 0 Å². The summed E-state index contributed by atoms with van der Waals surface area (Å²) < 4.78 is 47.0. The predicted octanol–water partition coefficient (Wildman–Crippen LogP) is 0.557. The normalized spacial score (nSPS) is 12.1. The summed E-state index contributed by atoms with van der Waals surface area (Å²) in [7, 11) is -4.29. The molecule has 5 nitrogen and oxygen atoms in total. The quantitative estimate of drug-likeness (QED) is 0.784. The fourth-order valence-electron chi connectivity index (χ4n) is 1.17. The van der Waals surface area contributed by atoms with Crippen LogP contribution in [0.2, 0.25) is 0 Å². The van der Waals surface area contributed by atoms with Gasteiger partial charge in [-0.25, -0.2) is 22.3 Å². The van der Waals surface area contributed by atoms with E-state index in [1.165, 1.54) is 13.0 Å². The van der Waals surface area contributed by atoms with E-state index < -0.39 is 27.0 Å². The summed E-state index contributed by atoms with van der Waals surface area (Å²) >= 11 is 0. The van der Waals surface area contributed by atoms with Gasteiger partial charge in [-0.2, -0.15) is 0 Å². The van der Waals surface area contributed by atoms with Crippen LogP contribution in [-0.4, -0.2) is 13.4 Å². The molecule has 4 N–H and O–H groups in total. The Morgan fingerprint density at radius 2 is 2.00 bits per heavy atom. The molecule has 0 amide bonds. The van der Waals surface area contributed by atoms with E-state index in [2.05, 4.69) is 4.98 Å². The zero-order valence-corrected chi connectivity index (χ0v) is 8.55. The summed E-state index contributed by atoms with van der Waals surface area (Å²) in [5, 5.41) is 4.77. The predicted molar refractivity (Wildman–Crippen MR) is 49.7 cm³/mol. The molecule has 15 heavy (non-hydrogen) atoms. The molecule has 0 aliphatic heterocycles. The zero-order valence-electron chi connectivity index (χ0n) is 7.74. The van der Waals surface area contributed by atoms with Gasteiger partial charge in [-0.3, -0.25) is 4.98 Å². The van der Waals surface area contributed by atoms with Crippen LogP contribution in [0.5, 0.6) is 0 Å². The molecular weight excluding hydrogens is 228 g/mol.